The molecular formula is C22H25F4N5O2. The molecule has 2 rings (SSSR count). The number of alkyl halides is 3. The van der Waals surface area contributed by atoms with Crippen molar-refractivity contribution in [2.75, 3.05) is 26.5 Å². The van der Waals surface area contributed by atoms with Crippen LogP contribution in [0.25, 0.3) is 0 Å². The van der Waals surface area contributed by atoms with Crippen molar-refractivity contribution in [3.8, 4) is 5.75 Å². The molecule has 0 aliphatic rings. The summed E-state index contributed by atoms with van der Waals surface area (Å²) in [6, 6.07) is 7.89. The number of hydrogen-bond donors (Lipinski definition) is 2. The van der Waals surface area contributed by atoms with Crippen LogP contribution in [0.4, 0.5) is 28.9 Å². The van der Waals surface area contributed by atoms with Crippen molar-refractivity contribution in [3.63, 3.8) is 0 Å². The van der Waals surface area contributed by atoms with Gasteiger partial charge in [-0.1, -0.05) is 6.07 Å². The van der Waals surface area contributed by atoms with E-state index in [1.54, 1.807) is 0 Å². The second kappa shape index (κ2) is 9.88. The molecule has 0 atom stereocenters. The van der Waals surface area contributed by atoms with Crippen LogP contribution in [0.3, 0.4) is 0 Å². The molecule has 0 spiro atoms. The van der Waals surface area contributed by atoms with E-state index in [9.17, 15) is 22.4 Å². The molecule has 0 aliphatic heterocycles. The molecule has 0 saturated carbocycles. The molecule has 0 heterocycles. The standard InChI is InChI=1S/C22H25F4N5O2/c1-21(2,19(32)31(5)20(27)29-4)15-11-14(7-8-16(15)23)30-17-9-6-13(12-28-3)10-18(17)33-22(24,25)26/h6-12,30H,1-5H3,(H2,27,29). The fourth-order valence-corrected chi connectivity index (χ4v) is 3.11. The molecule has 0 bridgehead atoms. The molecule has 0 saturated heterocycles. The monoisotopic (exact) mass is 467 g/mol. The van der Waals surface area contributed by atoms with Gasteiger partial charge in [0.1, 0.15) is 5.82 Å². The molecule has 33 heavy (non-hydrogen) atoms. The topological polar surface area (TPSA) is 92.3 Å². The maximum Gasteiger partial charge on any atom is 0.573 e. The number of hydrogen-bond acceptors (Lipinski definition) is 5. The van der Waals surface area contributed by atoms with Gasteiger partial charge in [-0.25, -0.2) is 4.39 Å². The van der Waals surface area contributed by atoms with Crippen molar-refractivity contribution >= 4 is 29.5 Å². The maximum absolute atomic E-state index is 14.7. The van der Waals surface area contributed by atoms with Crippen molar-refractivity contribution in [2.45, 2.75) is 25.6 Å². The largest absolute Gasteiger partial charge is 0.573 e. The smallest absolute Gasteiger partial charge is 0.404 e. The number of aliphatic imine (C=N–C) groups is 2. The second-order valence-corrected chi connectivity index (χ2v) is 7.58. The van der Waals surface area contributed by atoms with Gasteiger partial charge >= 0.3 is 6.36 Å². The van der Waals surface area contributed by atoms with E-state index in [-0.39, 0.29) is 22.9 Å². The number of anilines is 2. The normalized spacial score (nSPS) is 12.7. The molecule has 0 fully saturated rings. The lowest BCUT2D eigenvalue weighted by Gasteiger charge is -2.29. The van der Waals surface area contributed by atoms with Crippen LogP contribution < -0.4 is 15.8 Å². The summed E-state index contributed by atoms with van der Waals surface area (Å²) < 4.78 is 57.6. The molecule has 0 unspecified atom stereocenters. The molecular weight excluding hydrogens is 442 g/mol. The zero-order valence-electron chi connectivity index (χ0n) is 18.8. The van der Waals surface area contributed by atoms with E-state index in [1.807, 2.05) is 0 Å². The van der Waals surface area contributed by atoms with E-state index in [4.69, 9.17) is 5.73 Å². The first kappa shape index (κ1) is 25.6. The molecule has 1 amide bonds. The number of carbonyl (C=O) groups excluding carboxylic acids is 1. The Morgan fingerprint density at radius 1 is 1.15 bits per heavy atom. The minimum atomic E-state index is -4.92. The number of nitrogens with two attached hydrogens (primary N) is 1. The lowest BCUT2D eigenvalue weighted by molar-refractivity contribution is -0.274. The van der Waals surface area contributed by atoms with Gasteiger partial charge in [0, 0.05) is 38.6 Å². The summed E-state index contributed by atoms with van der Waals surface area (Å²) in [7, 11) is 4.31. The first-order chi connectivity index (χ1) is 15.3. The van der Waals surface area contributed by atoms with Gasteiger partial charge in [-0.3, -0.25) is 19.7 Å². The van der Waals surface area contributed by atoms with E-state index in [1.165, 1.54) is 71.5 Å². The lowest BCUT2D eigenvalue weighted by atomic mass is 9.82. The van der Waals surface area contributed by atoms with Crippen LogP contribution >= 0.6 is 0 Å². The van der Waals surface area contributed by atoms with Crippen molar-refractivity contribution in [2.24, 2.45) is 15.7 Å². The molecule has 0 radical (unpaired) electrons. The molecule has 3 N–H and O–H groups in total. The fraction of sp³-hybridized carbons (Fsp3) is 0.318. The Kier molecular flexibility index (Phi) is 7.68. The van der Waals surface area contributed by atoms with Gasteiger partial charge in [-0.05, 0) is 49.7 Å². The van der Waals surface area contributed by atoms with Gasteiger partial charge in [-0.15, -0.1) is 13.2 Å². The van der Waals surface area contributed by atoms with Crippen molar-refractivity contribution in [1.82, 2.24) is 4.90 Å². The Labute approximate surface area is 189 Å². The minimum Gasteiger partial charge on any atom is -0.404 e. The molecule has 2 aromatic rings. The first-order valence-corrected chi connectivity index (χ1v) is 9.69. The summed E-state index contributed by atoms with van der Waals surface area (Å²) in [5, 5.41) is 2.80. The molecule has 0 aliphatic carbocycles. The third-order valence-electron chi connectivity index (χ3n) is 4.84. The van der Waals surface area contributed by atoms with Crippen LogP contribution in [-0.2, 0) is 10.2 Å². The lowest BCUT2D eigenvalue weighted by Crippen LogP contribution is -2.47. The summed E-state index contributed by atoms with van der Waals surface area (Å²) in [4.78, 5) is 21.5. The number of nitrogens with zero attached hydrogens (tertiary/aromatic N) is 3. The quantitative estimate of drug-likeness (QED) is 0.379. The number of guanidine groups is 1. The summed E-state index contributed by atoms with van der Waals surface area (Å²) in [5.74, 6) is -1.73. The Morgan fingerprint density at radius 2 is 1.82 bits per heavy atom. The summed E-state index contributed by atoms with van der Waals surface area (Å²) in [6.07, 6.45) is -3.55. The van der Waals surface area contributed by atoms with E-state index < -0.39 is 29.3 Å². The highest BCUT2D eigenvalue weighted by molar-refractivity contribution is 6.00. The van der Waals surface area contributed by atoms with E-state index in [0.717, 1.165) is 11.0 Å². The van der Waals surface area contributed by atoms with Gasteiger partial charge in [0.05, 0.1) is 11.1 Å². The van der Waals surface area contributed by atoms with Crippen molar-refractivity contribution in [1.29, 1.82) is 0 Å². The Hall–Kier alpha value is -3.63. The number of likely N-dealkylation sites (N-methyl/N-ethyl adjacent to an activating group) is 1. The van der Waals surface area contributed by atoms with Crippen LogP contribution in [-0.4, -0.2) is 50.5 Å². The van der Waals surface area contributed by atoms with Crippen LogP contribution in [0.2, 0.25) is 0 Å². The Balaban J connectivity index is 2.47. The summed E-state index contributed by atoms with van der Waals surface area (Å²) in [6.45, 7) is 3.02. The Bertz CT molecular complexity index is 1080. The summed E-state index contributed by atoms with van der Waals surface area (Å²) >= 11 is 0. The highest BCUT2D eigenvalue weighted by Gasteiger charge is 2.36. The number of nitrogens with one attached hydrogen (secondary N) is 1. The van der Waals surface area contributed by atoms with Crippen LogP contribution in [0.1, 0.15) is 25.0 Å². The number of benzene rings is 2. The summed E-state index contributed by atoms with van der Waals surface area (Å²) in [5.41, 5.74) is 4.98. The highest BCUT2D eigenvalue weighted by atomic mass is 19.4. The predicted molar refractivity (Wildman–Crippen MR) is 120 cm³/mol. The van der Waals surface area contributed by atoms with Gasteiger partial charge < -0.3 is 15.8 Å². The molecule has 0 aromatic heterocycles. The van der Waals surface area contributed by atoms with Crippen molar-refractivity contribution < 1.29 is 27.1 Å². The van der Waals surface area contributed by atoms with E-state index in [0.29, 0.717) is 5.56 Å². The highest BCUT2D eigenvalue weighted by Crippen LogP contribution is 2.35. The van der Waals surface area contributed by atoms with Gasteiger partial charge in [-0.2, -0.15) is 0 Å². The van der Waals surface area contributed by atoms with Gasteiger partial charge in [0.15, 0.2) is 11.7 Å². The zero-order valence-corrected chi connectivity index (χ0v) is 18.8. The average Bonchev–Trinajstić information content (AvgIpc) is 2.74. The third-order valence-corrected chi connectivity index (χ3v) is 4.84. The van der Waals surface area contributed by atoms with Crippen LogP contribution in [0.15, 0.2) is 46.4 Å². The Morgan fingerprint density at radius 3 is 2.39 bits per heavy atom. The van der Waals surface area contributed by atoms with Crippen molar-refractivity contribution in [3.05, 3.63) is 53.3 Å². The minimum absolute atomic E-state index is 0.0123. The van der Waals surface area contributed by atoms with Gasteiger partial charge in [0.2, 0.25) is 5.91 Å². The van der Waals surface area contributed by atoms with Crippen LogP contribution in [0.5, 0.6) is 5.75 Å². The van der Waals surface area contributed by atoms with Crippen LogP contribution in [0, 0.1) is 5.82 Å². The first-order valence-electron chi connectivity index (χ1n) is 9.69. The third kappa shape index (κ3) is 6.21. The maximum atomic E-state index is 14.7. The van der Waals surface area contributed by atoms with E-state index in [2.05, 4.69) is 20.0 Å². The average molecular weight is 467 g/mol. The van der Waals surface area contributed by atoms with Gasteiger partial charge in [0.25, 0.3) is 0 Å². The molecule has 178 valence electrons. The number of rotatable bonds is 6. The molecule has 2 aromatic carbocycles. The molecule has 11 heteroatoms. The second-order valence-electron chi connectivity index (χ2n) is 7.58. The number of carbonyl (C=O) groups is 1. The number of ether oxygens (including phenoxy) is 1. The SMILES string of the molecule is CN=Cc1ccc(Nc2ccc(F)c(C(C)(C)C(=O)N(C)C(N)=NC)c2)c(OC(F)(F)F)c1. The zero-order chi connectivity index (χ0) is 25.0. The number of amides is 1. The predicted octanol–water partition coefficient (Wildman–Crippen LogP) is 4.20. The molecule has 7 nitrogen and oxygen atoms in total. The van der Waals surface area contributed by atoms with E-state index >= 15 is 0 Å². The fourth-order valence-electron chi connectivity index (χ4n) is 3.11. The number of halogens is 4.